The zero-order valence-corrected chi connectivity index (χ0v) is 10.5. The molecule has 1 nitrogen and oxygen atoms in total. The van der Waals surface area contributed by atoms with Gasteiger partial charge in [-0.3, -0.25) is 4.98 Å². The number of alkyl halides is 1. The Morgan fingerprint density at radius 2 is 1.94 bits per heavy atom. The predicted octanol–water partition coefficient (Wildman–Crippen LogP) is 4.04. The van der Waals surface area contributed by atoms with Crippen molar-refractivity contribution in [2.75, 3.05) is 0 Å². The first-order valence-corrected chi connectivity index (χ1v) is 6.07. The highest BCUT2D eigenvalue weighted by molar-refractivity contribution is 9.09. The number of nitrogens with zero attached hydrogens (tertiary/aromatic N) is 1. The molecule has 17 heavy (non-hydrogen) atoms. The first kappa shape index (κ1) is 12.2. The van der Waals surface area contributed by atoms with Crippen molar-refractivity contribution in [3.05, 3.63) is 65.5 Å². The summed E-state index contributed by atoms with van der Waals surface area (Å²) in [6.07, 6.45) is 2.34. The molecule has 2 aromatic rings. The third kappa shape index (κ3) is 3.09. The van der Waals surface area contributed by atoms with Gasteiger partial charge >= 0.3 is 0 Å². The van der Waals surface area contributed by atoms with Gasteiger partial charge in [0.2, 0.25) is 0 Å². The van der Waals surface area contributed by atoms with Gasteiger partial charge in [-0.2, -0.15) is 0 Å². The molecule has 2 rings (SSSR count). The number of halogens is 3. The van der Waals surface area contributed by atoms with Crippen LogP contribution in [0.2, 0.25) is 0 Å². The summed E-state index contributed by atoms with van der Waals surface area (Å²) in [5.41, 5.74) is 1.61. The average molecular weight is 298 g/mol. The highest BCUT2D eigenvalue weighted by atomic mass is 79.9. The van der Waals surface area contributed by atoms with Gasteiger partial charge in [0.15, 0.2) is 11.6 Å². The molecular formula is C13H10BrF2N. The van der Waals surface area contributed by atoms with E-state index in [0.29, 0.717) is 12.0 Å². The lowest BCUT2D eigenvalue weighted by Gasteiger charge is -2.09. The van der Waals surface area contributed by atoms with Crippen molar-refractivity contribution in [2.24, 2.45) is 0 Å². The molecule has 0 aliphatic heterocycles. The maximum Gasteiger partial charge on any atom is 0.159 e. The summed E-state index contributed by atoms with van der Waals surface area (Å²) in [6, 6.07) is 9.54. The Kier molecular flexibility index (Phi) is 3.84. The van der Waals surface area contributed by atoms with Gasteiger partial charge in [0.05, 0.1) is 0 Å². The molecule has 4 heteroatoms. The van der Waals surface area contributed by atoms with Gasteiger partial charge in [0.25, 0.3) is 0 Å². The second kappa shape index (κ2) is 5.36. The molecule has 88 valence electrons. The zero-order chi connectivity index (χ0) is 12.3. The van der Waals surface area contributed by atoms with Crippen molar-refractivity contribution in [1.29, 1.82) is 0 Å². The van der Waals surface area contributed by atoms with Crippen molar-refractivity contribution in [2.45, 2.75) is 11.2 Å². The Balaban J connectivity index is 2.14. The Morgan fingerprint density at radius 1 is 1.12 bits per heavy atom. The van der Waals surface area contributed by atoms with Gasteiger partial charge in [-0.1, -0.05) is 28.1 Å². The van der Waals surface area contributed by atoms with Crippen LogP contribution in [0.25, 0.3) is 0 Å². The van der Waals surface area contributed by atoms with Crippen molar-refractivity contribution in [3.8, 4) is 0 Å². The fraction of sp³-hybridized carbons (Fsp3) is 0.154. The van der Waals surface area contributed by atoms with Crippen LogP contribution < -0.4 is 0 Å². The number of hydrogen-bond acceptors (Lipinski definition) is 1. The predicted molar refractivity (Wildman–Crippen MR) is 66.0 cm³/mol. The second-order valence-electron chi connectivity index (χ2n) is 3.67. The summed E-state index contributed by atoms with van der Waals surface area (Å²) in [6.45, 7) is 0. The molecule has 1 unspecified atom stereocenters. The maximum atomic E-state index is 13.1. The maximum absolute atomic E-state index is 13.1. The Labute approximate surface area is 107 Å². The second-order valence-corrected chi connectivity index (χ2v) is 4.77. The van der Waals surface area contributed by atoms with Crippen LogP contribution in [-0.2, 0) is 6.42 Å². The standard InChI is InChI=1S/C13H10BrF2N/c14-11(8-10-3-1-2-6-17-10)9-4-5-12(15)13(16)7-9/h1-7,11H,8H2. The van der Waals surface area contributed by atoms with E-state index in [1.54, 1.807) is 12.3 Å². The first-order valence-electron chi connectivity index (χ1n) is 5.16. The number of pyridine rings is 1. The average Bonchev–Trinajstić information content (AvgIpc) is 2.34. The smallest absolute Gasteiger partial charge is 0.159 e. The topological polar surface area (TPSA) is 12.9 Å². The number of benzene rings is 1. The van der Waals surface area contributed by atoms with Crippen LogP contribution >= 0.6 is 15.9 Å². The van der Waals surface area contributed by atoms with Crippen molar-refractivity contribution >= 4 is 15.9 Å². The van der Waals surface area contributed by atoms with Crippen LogP contribution in [0.15, 0.2) is 42.6 Å². The quantitative estimate of drug-likeness (QED) is 0.779. The molecule has 0 fully saturated rings. The SMILES string of the molecule is Fc1ccc(C(Br)Cc2ccccn2)cc1F. The largest absolute Gasteiger partial charge is 0.261 e. The summed E-state index contributed by atoms with van der Waals surface area (Å²) in [4.78, 5) is 4.11. The Hall–Kier alpha value is -1.29. The van der Waals surface area contributed by atoms with E-state index < -0.39 is 11.6 Å². The summed E-state index contributed by atoms with van der Waals surface area (Å²) in [7, 11) is 0. The van der Waals surface area contributed by atoms with Crippen LogP contribution in [0.3, 0.4) is 0 Å². The number of rotatable bonds is 3. The molecule has 0 aliphatic rings. The zero-order valence-electron chi connectivity index (χ0n) is 8.91. The number of aromatic nitrogens is 1. The van der Waals surface area contributed by atoms with E-state index in [2.05, 4.69) is 20.9 Å². The van der Waals surface area contributed by atoms with Crippen LogP contribution in [0.5, 0.6) is 0 Å². The van der Waals surface area contributed by atoms with Crippen molar-refractivity contribution in [1.82, 2.24) is 4.98 Å². The minimum absolute atomic E-state index is 0.0764. The summed E-state index contributed by atoms with van der Waals surface area (Å²) in [5.74, 6) is -1.65. The summed E-state index contributed by atoms with van der Waals surface area (Å²) in [5, 5.41) is 0. The van der Waals surface area contributed by atoms with Crippen LogP contribution in [0, 0.1) is 11.6 Å². The van der Waals surface area contributed by atoms with Gasteiger partial charge in [0.1, 0.15) is 0 Å². The monoisotopic (exact) mass is 297 g/mol. The lowest BCUT2D eigenvalue weighted by atomic mass is 10.1. The highest BCUT2D eigenvalue weighted by Gasteiger charge is 2.11. The van der Waals surface area contributed by atoms with E-state index in [4.69, 9.17) is 0 Å². The Morgan fingerprint density at radius 3 is 2.59 bits per heavy atom. The van der Waals surface area contributed by atoms with Gasteiger partial charge in [0, 0.05) is 23.1 Å². The Bertz CT molecular complexity index is 502. The van der Waals surface area contributed by atoms with Crippen LogP contribution in [0.1, 0.15) is 16.1 Å². The molecule has 1 heterocycles. The van der Waals surface area contributed by atoms with E-state index in [-0.39, 0.29) is 4.83 Å². The molecule has 1 atom stereocenters. The third-order valence-electron chi connectivity index (χ3n) is 2.42. The molecule has 0 N–H and O–H groups in total. The van der Waals surface area contributed by atoms with E-state index in [9.17, 15) is 8.78 Å². The van der Waals surface area contributed by atoms with E-state index in [0.717, 1.165) is 11.8 Å². The van der Waals surface area contributed by atoms with Gasteiger partial charge in [-0.05, 0) is 29.8 Å². The molecule has 0 radical (unpaired) electrons. The van der Waals surface area contributed by atoms with E-state index in [1.165, 1.54) is 6.07 Å². The van der Waals surface area contributed by atoms with E-state index >= 15 is 0 Å². The molecule has 0 bridgehead atoms. The number of hydrogen-bond donors (Lipinski definition) is 0. The summed E-state index contributed by atoms with van der Waals surface area (Å²) < 4.78 is 25.9. The fourth-order valence-electron chi connectivity index (χ4n) is 1.53. The molecule has 0 amide bonds. The third-order valence-corrected chi connectivity index (χ3v) is 3.27. The molecule has 0 spiro atoms. The first-order chi connectivity index (χ1) is 8.16. The highest BCUT2D eigenvalue weighted by Crippen LogP contribution is 2.27. The molecule has 0 aliphatic carbocycles. The molecule has 0 saturated carbocycles. The minimum Gasteiger partial charge on any atom is -0.261 e. The van der Waals surface area contributed by atoms with Gasteiger partial charge in [-0.25, -0.2) is 8.78 Å². The van der Waals surface area contributed by atoms with E-state index in [1.807, 2.05) is 18.2 Å². The van der Waals surface area contributed by atoms with Crippen molar-refractivity contribution < 1.29 is 8.78 Å². The summed E-state index contributed by atoms with van der Waals surface area (Å²) >= 11 is 3.45. The lowest BCUT2D eigenvalue weighted by Crippen LogP contribution is -1.98. The van der Waals surface area contributed by atoms with Crippen LogP contribution in [-0.4, -0.2) is 4.98 Å². The normalized spacial score (nSPS) is 12.4. The fourth-order valence-corrected chi connectivity index (χ4v) is 2.14. The molecule has 0 saturated heterocycles. The van der Waals surface area contributed by atoms with Crippen LogP contribution in [0.4, 0.5) is 8.78 Å². The minimum atomic E-state index is -0.828. The molecular weight excluding hydrogens is 288 g/mol. The van der Waals surface area contributed by atoms with Crippen molar-refractivity contribution in [3.63, 3.8) is 0 Å². The molecule has 1 aromatic carbocycles. The van der Waals surface area contributed by atoms with Gasteiger partial charge in [-0.15, -0.1) is 0 Å². The van der Waals surface area contributed by atoms with Gasteiger partial charge < -0.3 is 0 Å². The molecule has 1 aromatic heterocycles. The lowest BCUT2D eigenvalue weighted by molar-refractivity contribution is 0.507.